The third-order valence-corrected chi connectivity index (χ3v) is 5.17. The Bertz CT molecular complexity index is 886. The number of nitrogens with zero attached hydrogens (tertiary/aromatic N) is 2. The number of rotatable bonds is 7. The van der Waals surface area contributed by atoms with E-state index >= 15 is 0 Å². The molecule has 1 aliphatic rings. The van der Waals surface area contributed by atoms with Gasteiger partial charge in [-0.2, -0.15) is 0 Å². The van der Waals surface area contributed by atoms with E-state index in [1.807, 2.05) is 36.4 Å². The Morgan fingerprint density at radius 2 is 1.71 bits per heavy atom. The van der Waals surface area contributed by atoms with Crippen molar-refractivity contribution in [3.63, 3.8) is 0 Å². The second-order valence-corrected chi connectivity index (χ2v) is 7.16. The van der Waals surface area contributed by atoms with Crippen LogP contribution >= 0.6 is 0 Å². The third-order valence-electron chi connectivity index (χ3n) is 5.17. The number of hydrogen-bond acceptors (Lipinski definition) is 4. The van der Waals surface area contributed by atoms with Crippen molar-refractivity contribution >= 4 is 5.91 Å². The Kier molecular flexibility index (Phi) is 5.83. The van der Waals surface area contributed by atoms with Crippen LogP contribution in [-0.4, -0.2) is 35.4 Å². The summed E-state index contributed by atoms with van der Waals surface area (Å²) in [5.41, 5.74) is 2.80. The lowest BCUT2D eigenvalue weighted by atomic mass is 10.1. The van der Waals surface area contributed by atoms with Gasteiger partial charge in [-0.1, -0.05) is 48.5 Å². The summed E-state index contributed by atoms with van der Waals surface area (Å²) in [4.78, 5) is 19.4. The van der Waals surface area contributed by atoms with Crippen molar-refractivity contribution in [2.75, 3.05) is 19.6 Å². The molecule has 0 radical (unpaired) electrons. The number of likely N-dealkylation sites (tertiary alicyclic amines) is 1. The summed E-state index contributed by atoms with van der Waals surface area (Å²) in [6.07, 6.45) is 4.23. The maximum absolute atomic E-state index is 12.5. The van der Waals surface area contributed by atoms with Crippen molar-refractivity contribution < 1.29 is 9.21 Å². The summed E-state index contributed by atoms with van der Waals surface area (Å²) >= 11 is 0. The van der Waals surface area contributed by atoms with Crippen LogP contribution in [0.3, 0.4) is 0 Å². The highest BCUT2D eigenvalue weighted by Gasteiger charge is 2.24. The molecular formula is C23H25N3O2. The monoisotopic (exact) mass is 375 g/mol. The topological polar surface area (TPSA) is 58.4 Å². The maximum Gasteiger partial charge on any atom is 0.226 e. The van der Waals surface area contributed by atoms with E-state index in [2.05, 4.69) is 39.5 Å². The standard InChI is InChI=1S/C23H25N3O2/c27-22(15-20-17-28-23(25-20)19-11-5-2-6-12-19)24-16-21(26-13-7-8-14-26)18-9-3-1-4-10-18/h1-6,9-12,17,21H,7-8,13-16H2,(H,24,27). The smallest absolute Gasteiger partial charge is 0.226 e. The number of amides is 1. The van der Waals surface area contributed by atoms with Crippen LogP contribution in [0, 0.1) is 0 Å². The van der Waals surface area contributed by atoms with E-state index in [-0.39, 0.29) is 18.4 Å². The van der Waals surface area contributed by atoms with E-state index in [1.165, 1.54) is 18.4 Å². The molecule has 1 unspecified atom stereocenters. The fourth-order valence-corrected chi connectivity index (χ4v) is 3.73. The fourth-order valence-electron chi connectivity index (χ4n) is 3.73. The number of hydrogen-bond donors (Lipinski definition) is 1. The molecular weight excluding hydrogens is 350 g/mol. The number of oxazole rings is 1. The van der Waals surface area contributed by atoms with Crippen LogP contribution in [0.1, 0.15) is 30.1 Å². The zero-order chi connectivity index (χ0) is 19.2. The summed E-state index contributed by atoms with van der Waals surface area (Å²) in [5, 5.41) is 3.09. The molecule has 2 aromatic carbocycles. The Balaban J connectivity index is 1.37. The number of benzene rings is 2. The van der Waals surface area contributed by atoms with Gasteiger partial charge in [0.2, 0.25) is 11.8 Å². The molecule has 3 aromatic rings. The van der Waals surface area contributed by atoms with E-state index in [9.17, 15) is 4.79 Å². The summed E-state index contributed by atoms with van der Waals surface area (Å²) < 4.78 is 5.53. The van der Waals surface area contributed by atoms with Crippen LogP contribution in [0.2, 0.25) is 0 Å². The summed E-state index contributed by atoms with van der Waals surface area (Å²) in [6, 6.07) is 20.3. The number of carbonyl (C=O) groups is 1. The Morgan fingerprint density at radius 1 is 1.04 bits per heavy atom. The van der Waals surface area contributed by atoms with Crippen LogP contribution < -0.4 is 5.32 Å². The van der Waals surface area contributed by atoms with E-state index < -0.39 is 0 Å². The van der Waals surface area contributed by atoms with Gasteiger partial charge in [0.1, 0.15) is 6.26 Å². The molecule has 1 N–H and O–H groups in total. The van der Waals surface area contributed by atoms with Crippen molar-refractivity contribution in [2.45, 2.75) is 25.3 Å². The minimum Gasteiger partial charge on any atom is -0.444 e. The predicted molar refractivity (Wildman–Crippen MR) is 109 cm³/mol. The predicted octanol–water partition coefficient (Wildman–Crippen LogP) is 3.84. The lowest BCUT2D eigenvalue weighted by Gasteiger charge is -2.28. The molecule has 5 nitrogen and oxygen atoms in total. The van der Waals surface area contributed by atoms with Gasteiger partial charge in [-0.15, -0.1) is 0 Å². The first kappa shape index (κ1) is 18.4. The van der Waals surface area contributed by atoms with Gasteiger partial charge in [0, 0.05) is 12.1 Å². The van der Waals surface area contributed by atoms with Crippen molar-refractivity contribution in [1.29, 1.82) is 0 Å². The normalized spacial score (nSPS) is 15.4. The minimum absolute atomic E-state index is 0.0342. The Labute approximate surface area is 165 Å². The summed E-state index contributed by atoms with van der Waals surface area (Å²) in [6.45, 7) is 2.77. The van der Waals surface area contributed by atoms with Gasteiger partial charge in [0.15, 0.2) is 0 Å². The van der Waals surface area contributed by atoms with Crippen LogP contribution in [-0.2, 0) is 11.2 Å². The second kappa shape index (κ2) is 8.85. The molecule has 5 heteroatoms. The van der Waals surface area contributed by atoms with Crippen molar-refractivity contribution in [3.05, 3.63) is 78.2 Å². The van der Waals surface area contributed by atoms with E-state index in [0.29, 0.717) is 18.1 Å². The van der Waals surface area contributed by atoms with Gasteiger partial charge < -0.3 is 9.73 Å². The first-order valence-electron chi connectivity index (χ1n) is 9.85. The van der Waals surface area contributed by atoms with Gasteiger partial charge in [-0.25, -0.2) is 4.98 Å². The summed E-state index contributed by atoms with van der Waals surface area (Å²) in [5.74, 6) is 0.510. The second-order valence-electron chi connectivity index (χ2n) is 7.16. The average molecular weight is 375 g/mol. The van der Waals surface area contributed by atoms with Crippen LogP contribution in [0.4, 0.5) is 0 Å². The van der Waals surface area contributed by atoms with Gasteiger partial charge in [-0.05, 0) is 43.6 Å². The molecule has 1 fully saturated rings. The summed E-state index contributed by atoms with van der Waals surface area (Å²) in [7, 11) is 0. The molecule has 1 amide bonds. The molecule has 4 rings (SSSR count). The quantitative estimate of drug-likeness (QED) is 0.682. The first-order valence-corrected chi connectivity index (χ1v) is 9.85. The zero-order valence-electron chi connectivity index (χ0n) is 15.9. The van der Waals surface area contributed by atoms with Crippen LogP contribution in [0.5, 0.6) is 0 Å². The fraction of sp³-hybridized carbons (Fsp3) is 0.304. The molecule has 1 saturated heterocycles. The molecule has 1 aliphatic heterocycles. The highest BCUT2D eigenvalue weighted by Crippen LogP contribution is 2.24. The number of carbonyl (C=O) groups excluding carboxylic acids is 1. The largest absolute Gasteiger partial charge is 0.444 e. The lowest BCUT2D eigenvalue weighted by molar-refractivity contribution is -0.120. The van der Waals surface area contributed by atoms with Gasteiger partial charge in [0.05, 0.1) is 18.2 Å². The highest BCUT2D eigenvalue weighted by atomic mass is 16.3. The average Bonchev–Trinajstić information content (AvgIpc) is 3.42. The van der Waals surface area contributed by atoms with Crippen molar-refractivity contribution in [3.8, 4) is 11.5 Å². The van der Waals surface area contributed by atoms with Crippen molar-refractivity contribution in [2.24, 2.45) is 0 Å². The zero-order valence-corrected chi connectivity index (χ0v) is 15.9. The van der Waals surface area contributed by atoms with E-state index in [0.717, 1.165) is 18.7 Å². The third kappa shape index (κ3) is 4.49. The Morgan fingerprint density at radius 3 is 2.43 bits per heavy atom. The van der Waals surface area contributed by atoms with E-state index in [4.69, 9.17) is 4.42 Å². The molecule has 2 heterocycles. The van der Waals surface area contributed by atoms with Crippen LogP contribution in [0.15, 0.2) is 71.3 Å². The molecule has 0 aliphatic carbocycles. The maximum atomic E-state index is 12.5. The molecule has 0 spiro atoms. The molecule has 0 saturated carbocycles. The highest BCUT2D eigenvalue weighted by molar-refractivity contribution is 5.78. The van der Waals surface area contributed by atoms with Gasteiger partial charge in [-0.3, -0.25) is 9.69 Å². The molecule has 0 bridgehead atoms. The van der Waals surface area contributed by atoms with Gasteiger partial charge >= 0.3 is 0 Å². The molecule has 1 aromatic heterocycles. The molecule has 144 valence electrons. The van der Waals surface area contributed by atoms with Crippen LogP contribution in [0.25, 0.3) is 11.5 Å². The minimum atomic E-state index is -0.0342. The number of nitrogens with one attached hydrogen (secondary N) is 1. The Hall–Kier alpha value is -2.92. The lowest BCUT2D eigenvalue weighted by Crippen LogP contribution is -2.37. The number of aromatic nitrogens is 1. The van der Waals surface area contributed by atoms with Crippen molar-refractivity contribution in [1.82, 2.24) is 15.2 Å². The SMILES string of the molecule is O=C(Cc1coc(-c2ccccc2)n1)NCC(c1ccccc1)N1CCCC1. The molecule has 28 heavy (non-hydrogen) atoms. The van der Waals surface area contributed by atoms with Gasteiger partial charge in [0.25, 0.3) is 0 Å². The first-order chi connectivity index (χ1) is 13.8. The molecule has 1 atom stereocenters. The van der Waals surface area contributed by atoms with E-state index in [1.54, 1.807) is 6.26 Å².